The van der Waals surface area contributed by atoms with Crippen molar-refractivity contribution in [1.82, 2.24) is 4.90 Å². The summed E-state index contributed by atoms with van der Waals surface area (Å²) in [6.07, 6.45) is -4.30. The number of hydrogen-bond acceptors (Lipinski definition) is 3. The molecule has 5 nitrogen and oxygen atoms in total. The highest BCUT2D eigenvalue weighted by atomic mass is 19.4. The van der Waals surface area contributed by atoms with E-state index in [0.717, 1.165) is 12.1 Å². The molecule has 2 aromatic rings. The zero-order chi connectivity index (χ0) is 20.1. The number of nitrogens with one attached hydrogen (secondary N) is 1. The van der Waals surface area contributed by atoms with Crippen LogP contribution in [0.15, 0.2) is 42.5 Å². The van der Waals surface area contributed by atoms with Crippen molar-refractivity contribution >= 4 is 17.5 Å². The van der Waals surface area contributed by atoms with E-state index in [9.17, 15) is 22.8 Å². The van der Waals surface area contributed by atoms with Crippen LogP contribution in [0.2, 0.25) is 0 Å². The first-order chi connectivity index (χ1) is 13.3. The molecule has 2 heterocycles. The van der Waals surface area contributed by atoms with Crippen LogP contribution in [0.1, 0.15) is 22.3 Å². The number of halogens is 3. The molecule has 4 rings (SSSR count). The Kier molecular flexibility index (Phi) is 4.38. The van der Waals surface area contributed by atoms with Gasteiger partial charge in [-0.3, -0.25) is 9.59 Å². The fourth-order valence-electron chi connectivity index (χ4n) is 3.80. The number of methoxy groups -OCH3 is 1. The predicted octanol–water partition coefficient (Wildman–Crippen LogP) is 3.55. The van der Waals surface area contributed by atoms with Gasteiger partial charge in [-0.05, 0) is 41.8 Å². The van der Waals surface area contributed by atoms with E-state index in [2.05, 4.69) is 5.32 Å². The van der Waals surface area contributed by atoms with Crippen LogP contribution in [0.25, 0.3) is 11.1 Å². The smallest absolute Gasteiger partial charge is 0.379 e. The lowest BCUT2D eigenvalue weighted by atomic mass is 9.99. The number of ether oxygens (including phenoxy) is 1. The third-order valence-corrected chi connectivity index (χ3v) is 5.21. The van der Waals surface area contributed by atoms with Gasteiger partial charge in [0.1, 0.15) is 6.04 Å². The second-order valence-corrected chi connectivity index (χ2v) is 6.83. The number of hydrogen-bond donors (Lipinski definition) is 1. The Morgan fingerprint density at radius 1 is 1.11 bits per heavy atom. The van der Waals surface area contributed by atoms with E-state index in [1.54, 1.807) is 18.2 Å². The van der Waals surface area contributed by atoms with Gasteiger partial charge in [-0.15, -0.1) is 0 Å². The molecule has 2 aromatic carbocycles. The van der Waals surface area contributed by atoms with E-state index in [-0.39, 0.29) is 23.5 Å². The minimum absolute atomic E-state index is 0.252. The van der Waals surface area contributed by atoms with Gasteiger partial charge in [0.15, 0.2) is 0 Å². The van der Waals surface area contributed by atoms with Crippen molar-refractivity contribution in [2.75, 3.05) is 19.0 Å². The van der Waals surface area contributed by atoms with E-state index in [4.69, 9.17) is 4.74 Å². The Morgan fingerprint density at radius 3 is 2.57 bits per heavy atom. The second kappa shape index (κ2) is 6.63. The minimum Gasteiger partial charge on any atom is -0.379 e. The van der Waals surface area contributed by atoms with Crippen molar-refractivity contribution in [1.29, 1.82) is 0 Å². The monoisotopic (exact) mass is 390 g/mol. The van der Waals surface area contributed by atoms with Crippen LogP contribution in [0.3, 0.4) is 0 Å². The maximum atomic E-state index is 13.0. The highest BCUT2D eigenvalue weighted by Gasteiger charge is 2.45. The number of amides is 2. The first-order valence-corrected chi connectivity index (χ1v) is 8.76. The van der Waals surface area contributed by atoms with Gasteiger partial charge in [0.05, 0.1) is 22.9 Å². The van der Waals surface area contributed by atoms with Crippen LogP contribution in [-0.4, -0.2) is 42.5 Å². The number of carbonyl (C=O) groups is 2. The number of fused-ring (bicyclic) bond motifs is 2. The molecule has 2 atom stereocenters. The van der Waals surface area contributed by atoms with Crippen LogP contribution in [0, 0.1) is 0 Å². The van der Waals surface area contributed by atoms with Crippen molar-refractivity contribution < 1.29 is 27.5 Å². The quantitative estimate of drug-likeness (QED) is 0.853. The molecule has 0 saturated carbocycles. The molecule has 0 aliphatic carbocycles. The fourth-order valence-corrected chi connectivity index (χ4v) is 3.80. The highest BCUT2D eigenvalue weighted by Crippen LogP contribution is 2.35. The maximum absolute atomic E-state index is 13.0. The summed E-state index contributed by atoms with van der Waals surface area (Å²) in [5.74, 6) is -0.671. The summed E-state index contributed by atoms with van der Waals surface area (Å²) in [7, 11) is 1.50. The van der Waals surface area contributed by atoms with Gasteiger partial charge in [0.2, 0.25) is 5.91 Å². The number of nitrogens with zero attached hydrogens (tertiary/aromatic N) is 1. The first kappa shape index (κ1) is 18.5. The summed E-state index contributed by atoms with van der Waals surface area (Å²) in [6, 6.07) is 8.86. The molecule has 1 saturated heterocycles. The van der Waals surface area contributed by atoms with Crippen molar-refractivity contribution in [3.63, 3.8) is 0 Å². The molecular formula is C20H17F3N2O3. The average molecular weight is 390 g/mol. The summed E-state index contributed by atoms with van der Waals surface area (Å²) < 4.78 is 44.4. The van der Waals surface area contributed by atoms with Crippen molar-refractivity contribution in [2.45, 2.75) is 24.7 Å². The lowest BCUT2D eigenvalue weighted by Crippen LogP contribution is -2.46. The van der Waals surface area contributed by atoms with Gasteiger partial charge in [0, 0.05) is 13.7 Å². The zero-order valence-corrected chi connectivity index (χ0v) is 14.9. The molecule has 146 valence electrons. The standard InChI is InChI=1S/C20H17F3N2O3/c1-28-16-7-8-25-17(16)18(26)24-15-6-5-12(10-14(15)19(25)27)11-3-2-4-13(9-11)20(21,22)23/h2-6,9-10,16-17H,7-8H2,1H3,(H,24,26)/t16-,17-/m0/s1. The molecular weight excluding hydrogens is 373 g/mol. The number of alkyl halides is 3. The topological polar surface area (TPSA) is 58.6 Å². The number of carbonyl (C=O) groups excluding carboxylic acids is 2. The lowest BCUT2D eigenvalue weighted by molar-refractivity contribution is -0.137. The van der Waals surface area contributed by atoms with Crippen LogP contribution < -0.4 is 5.32 Å². The van der Waals surface area contributed by atoms with Crippen LogP contribution in [-0.2, 0) is 15.7 Å². The van der Waals surface area contributed by atoms with Crippen LogP contribution in [0.5, 0.6) is 0 Å². The molecule has 0 bridgehead atoms. The number of anilines is 1. The molecule has 8 heteroatoms. The molecule has 2 aliphatic rings. The first-order valence-electron chi connectivity index (χ1n) is 8.76. The van der Waals surface area contributed by atoms with Gasteiger partial charge in [-0.25, -0.2) is 0 Å². The summed E-state index contributed by atoms with van der Waals surface area (Å²) >= 11 is 0. The van der Waals surface area contributed by atoms with Crippen LogP contribution in [0.4, 0.5) is 18.9 Å². The third-order valence-electron chi connectivity index (χ3n) is 5.21. The Morgan fingerprint density at radius 2 is 1.86 bits per heavy atom. The van der Waals surface area contributed by atoms with Gasteiger partial charge in [-0.2, -0.15) is 13.2 Å². The highest BCUT2D eigenvalue weighted by molar-refractivity contribution is 6.11. The van der Waals surface area contributed by atoms with Crippen molar-refractivity contribution in [3.05, 3.63) is 53.6 Å². The Bertz CT molecular complexity index is 958. The largest absolute Gasteiger partial charge is 0.416 e. The molecule has 1 fully saturated rings. The molecule has 2 aliphatic heterocycles. The summed E-state index contributed by atoms with van der Waals surface area (Å²) in [6.45, 7) is 0.378. The maximum Gasteiger partial charge on any atom is 0.416 e. The van der Waals surface area contributed by atoms with Gasteiger partial charge in [-0.1, -0.05) is 18.2 Å². The van der Waals surface area contributed by atoms with E-state index in [0.29, 0.717) is 29.8 Å². The SMILES string of the molecule is CO[C@H]1CCN2C(=O)c3cc(-c4cccc(C(F)(F)F)c4)ccc3NC(=O)[C@H]12. The molecule has 1 N–H and O–H groups in total. The zero-order valence-electron chi connectivity index (χ0n) is 14.9. The van der Waals surface area contributed by atoms with Crippen LogP contribution >= 0.6 is 0 Å². The lowest BCUT2D eigenvalue weighted by Gasteiger charge is -2.23. The third kappa shape index (κ3) is 3.03. The Hall–Kier alpha value is -2.87. The van der Waals surface area contributed by atoms with Crippen molar-refractivity contribution in [3.8, 4) is 11.1 Å². The molecule has 0 unspecified atom stereocenters. The fraction of sp³-hybridized carbons (Fsp3) is 0.300. The van der Waals surface area contributed by atoms with Gasteiger partial charge < -0.3 is 15.0 Å². The molecule has 0 spiro atoms. The predicted molar refractivity (Wildman–Crippen MR) is 95.7 cm³/mol. The Labute approximate surface area is 159 Å². The number of rotatable bonds is 2. The summed E-state index contributed by atoms with van der Waals surface area (Å²) in [4.78, 5) is 27.1. The minimum atomic E-state index is -4.45. The summed E-state index contributed by atoms with van der Waals surface area (Å²) in [5.41, 5.74) is 0.640. The van der Waals surface area contributed by atoms with Crippen molar-refractivity contribution in [2.24, 2.45) is 0 Å². The normalized spacial score (nSPS) is 21.8. The van der Waals surface area contributed by atoms with E-state index >= 15 is 0 Å². The van der Waals surface area contributed by atoms with E-state index in [1.165, 1.54) is 24.1 Å². The molecule has 2 amide bonds. The van der Waals surface area contributed by atoms with Gasteiger partial charge in [0.25, 0.3) is 5.91 Å². The molecule has 0 radical (unpaired) electrons. The molecule has 28 heavy (non-hydrogen) atoms. The van der Waals surface area contributed by atoms with E-state index in [1.807, 2.05) is 0 Å². The summed E-state index contributed by atoms with van der Waals surface area (Å²) in [5, 5.41) is 2.74. The Balaban J connectivity index is 1.75. The molecule has 0 aromatic heterocycles. The average Bonchev–Trinajstić information content (AvgIpc) is 3.07. The van der Waals surface area contributed by atoms with Gasteiger partial charge >= 0.3 is 6.18 Å². The van der Waals surface area contributed by atoms with E-state index < -0.39 is 17.8 Å². The second-order valence-electron chi connectivity index (χ2n) is 6.83. The number of benzene rings is 2.